The molecule has 2 aromatic heterocycles. The maximum absolute atomic E-state index is 6.27. The molecule has 332 valence electrons. The van der Waals surface area contributed by atoms with Crippen LogP contribution in [0.2, 0.25) is 0 Å². The molecule has 0 amide bonds. The van der Waals surface area contributed by atoms with Crippen molar-refractivity contribution in [3.63, 3.8) is 0 Å². The Bertz CT molecular complexity index is 4260. The Kier molecular flexibility index (Phi) is 9.53. The molecule has 0 aliphatic rings. The second-order valence-corrected chi connectivity index (χ2v) is 18.5. The van der Waals surface area contributed by atoms with Crippen LogP contribution in [0, 0.1) is 0 Å². The number of rotatable bonds is 8. The molecule has 71 heavy (non-hydrogen) atoms. The lowest BCUT2D eigenvalue weighted by Gasteiger charge is -2.26. The lowest BCUT2D eigenvalue weighted by molar-refractivity contribution is 0.669. The Morgan fingerprint density at radius 2 is 0.676 bits per heavy atom. The van der Waals surface area contributed by atoms with Crippen LogP contribution in [-0.4, -0.2) is 4.57 Å². The van der Waals surface area contributed by atoms with Crippen LogP contribution < -0.4 is 4.90 Å². The summed E-state index contributed by atoms with van der Waals surface area (Å²) in [6.07, 6.45) is 0. The average molecular weight is 905 g/mol. The molecule has 0 saturated carbocycles. The van der Waals surface area contributed by atoms with E-state index in [4.69, 9.17) is 4.42 Å². The van der Waals surface area contributed by atoms with E-state index in [1.165, 1.54) is 71.2 Å². The van der Waals surface area contributed by atoms with E-state index in [0.717, 1.165) is 61.4 Å². The number of para-hydroxylation sites is 3. The number of hydrogen-bond acceptors (Lipinski definition) is 2. The van der Waals surface area contributed by atoms with Crippen molar-refractivity contribution < 1.29 is 4.42 Å². The number of fused-ring (bicyclic) bond motifs is 9. The molecule has 0 saturated heterocycles. The van der Waals surface area contributed by atoms with Crippen LogP contribution >= 0.6 is 0 Å². The van der Waals surface area contributed by atoms with Crippen LogP contribution in [0.4, 0.5) is 17.1 Å². The normalized spacial score (nSPS) is 11.7. The van der Waals surface area contributed by atoms with E-state index in [-0.39, 0.29) is 0 Å². The van der Waals surface area contributed by atoms with E-state index in [9.17, 15) is 0 Å². The molecule has 3 nitrogen and oxygen atoms in total. The largest absolute Gasteiger partial charge is 0.456 e. The van der Waals surface area contributed by atoms with Gasteiger partial charge in [0.1, 0.15) is 11.2 Å². The van der Waals surface area contributed by atoms with Crippen molar-refractivity contribution in [1.82, 2.24) is 4.57 Å². The fourth-order valence-electron chi connectivity index (χ4n) is 10.8. The molecule has 3 heteroatoms. The standard InChI is InChI=1S/C68H44N2O/c1-2-13-59-50(10-1)24-25-54-42-52(32-40-60(54)59)48-28-36-56(37-29-48)69(57-38-30-49(31-39-57)53-33-41-64-63-16-5-8-19-67(63)71-68(64)44-53)55-34-26-46(27-35-55)45-20-22-47(23-21-45)51-11-9-12-58(43-51)70-65-17-6-3-14-61(65)62-15-4-7-18-66(62)70/h1-44H. The minimum Gasteiger partial charge on any atom is -0.456 e. The second kappa shape index (κ2) is 16.7. The fourth-order valence-corrected chi connectivity index (χ4v) is 10.8. The Morgan fingerprint density at radius 3 is 1.30 bits per heavy atom. The van der Waals surface area contributed by atoms with Crippen LogP contribution in [0.15, 0.2) is 271 Å². The van der Waals surface area contributed by atoms with Gasteiger partial charge in [-0.15, -0.1) is 0 Å². The third kappa shape index (κ3) is 7.06. The SMILES string of the molecule is c1cc(-c2ccc(-c3ccc(N(c4ccc(-c5ccc6c(ccc7ccccc76)c5)cc4)c4ccc(-c5ccc6c(c5)oc5ccccc56)cc4)cc3)cc2)cc(-n2c3ccccc3c3ccccc32)c1. The molecule has 0 spiro atoms. The first-order valence-electron chi connectivity index (χ1n) is 24.3. The van der Waals surface area contributed by atoms with Crippen molar-refractivity contribution in [1.29, 1.82) is 0 Å². The number of anilines is 3. The predicted molar refractivity (Wildman–Crippen MR) is 299 cm³/mol. The van der Waals surface area contributed by atoms with E-state index in [1.807, 2.05) is 12.1 Å². The molecule has 14 aromatic rings. The van der Waals surface area contributed by atoms with Gasteiger partial charge in [-0.2, -0.15) is 0 Å². The summed E-state index contributed by atoms with van der Waals surface area (Å²) in [6, 6.07) is 96.7. The van der Waals surface area contributed by atoms with Gasteiger partial charge in [0.05, 0.1) is 11.0 Å². The molecule has 0 atom stereocenters. The molecule has 0 N–H and O–H groups in total. The molecule has 14 rings (SSSR count). The molecule has 2 heterocycles. The highest BCUT2D eigenvalue weighted by molar-refractivity contribution is 6.10. The molecule has 12 aromatic carbocycles. The lowest BCUT2D eigenvalue weighted by Crippen LogP contribution is -2.09. The van der Waals surface area contributed by atoms with E-state index in [1.54, 1.807) is 0 Å². The summed E-state index contributed by atoms with van der Waals surface area (Å²) in [6.45, 7) is 0. The van der Waals surface area contributed by atoms with Crippen molar-refractivity contribution in [3.8, 4) is 50.2 Å². The summed E-state index contributed by atoms with van der Waals surface area (Å²) in [4.78, 5) is 2.35. The van der Waals surface area contributed by atoms with Gasteiger partial charge in [0.25, 0.3) is 0 Å². The van der Waals surface area contributed by atoms with Gasteiger partial charge in [-0.3, -0.25) is 0 Å². The summed E-state index contributed by atoms with van der Waals surface area (Å²) in [7, 11) is 0. The molecule has 0 radical (unpaired) electrons. The summed E-state index contributed by atoms with van der Waals surface area (Å²) >= 11 is 0. The summed E-state index contributed by atoms with van der Waals surface area (Å²) < 4.78 is 8.65. The fraction of sp³-hybridized carbons (Fsp3) is 0. The molecule has 0 aliphatic heterocycles. The van der Waals surface area contributed by atoms with Gasteiger partial charge in [-0.25, -0.2) is 0 Å². The maximum Gasteiger partial charge on any atom is 0.136 e. The maximum atomic E-state index is 6.27. The van der Waals surface area contributed by atoms with Crippen LogP contribution in [0.3, 0.4) is 0 Å². The van der Waals surface area contributed by atoms with E-state index in [2.05, 4.69) is 264 Å². The van der Waals surface area contributed by atoms with Gasteiger partial charge in [0.2, 0.25) is 0 Å². The van der Waals surface area contributed by atoms with Crippen molar-refractivity contribution in [2.45, 2.75) is 0 Å². The first-order chi connectivity index (χ1) is 35.2. The van der Waals surface area contributed by atoms with Gasteiger partial charge in [-0.1, -0.05) is 182 Å². The molecule has 0 unspecified atom stereocenters. The smallest absolute Gasteiger partial charge is 0.136 e. The Morgan fingerprint density at radius 1 is 0.254 bits per heavy atom. The second-order valence-electron chi connectivity index (χ2n) is 18.5. The zero-order chi connectivity index (χ0) is 46.8. The molecule has 0 aliphatic carbocycles. The predicted octanol–water partition coefficient (Wildman–Crippen LogP) is 19.1. The Hall–Kier alpha value is -9.44. The third-order valence-corrected chi connectivity index (χ3v) is 14.4. The van der Waals surface area contributed by atoms with Gasteiger partial charge in [0, 0.05) is 44.3 Å². The van der Waals surface area contributed by atoms with Crippen LogP contribution in [0.5, 0.6) is 0 Å². The van der Waals surface area contributed by atoms with Gasteiger partial charge in [-0.05, 0) is 151 Å². The van der Waals surface area contributed by atoms with Crippen molar-refractivity contribution in [2.24, 2.45) is 0 Å². The lowest BCUT2D eigenvalue weighted by atomic mass is 9.97. The van der Waals surface area contributed by atoms with E-state index >= 15 is 0 Å². The topological polar surface area (TPSA) is 21.3 Å². The molecular formula is C68H44N2O. The average Bonchev–Trinajstić information content (AvgIpc) is 3.99. The van der Waals surface area contributed by atoms with E-state index < -0.39 is 0 Å². The van der Waals surface area contributed by atoms with Crippen molar-refractivity contribution >= 4 is 82.4 Å². The highest BCUT2D eigenvalue weighted by atomic mass is 16.3. The number of aromatic nitrogens is 1. The number of nitrogens with zero attached hydrogens (tertiary/aromatic N) is 2. The highest BCUT2D eigenvalue weighted by Crippen LogP contribution is 2.40. The Labute approximate surface area is 411 Å². The minimum absolute atomic E-state index is 0.897. The zero-order valence-corrected chi connectivity index (χ0v) is 38.7. The molecule has 0 fully saturated rings. The van der Waals surface area contributed by atoms with Gasteiger partial charge in [0.15, 0.2) is 0 Å². The minimum atomic E-state index is 0.897. The molecule has 0 bridgehead atoms. The van der Waals surface area contributed by atoms with Crippen molar-refractivity contribution in [2.75, 3.05) is 4.90 Å². The zero-order valence-electron chi connectivity index (χ0n) is 38.7. The van der Waals surface area contributed by atoms with Gasteiger partial charge < -0.3 is 13.9 Å². The first kappa shape index (κ1) is 40.6. The Balaban J connectivity index is 0.784. The number of furan rings is 1. The van der Waals surface area contributed by atoms with Crippen LogP contribution in [0.1, 0.15) is 0 Å². The summed E-state index contributed by atoms with van der Waals surface area (Å²) in [5, 5.41) is 9.86. The third-order valence-electron chi connectivity index (χ3n) is 14.4. The monoisotopic (exact) mass is 904 g/mol. The van der Waals surface area contributed by atoms with Crippen molar-refractivity contribution in [3.05, 3.63) is 267 Å². The summed E-state index contributed by atoms with van der Waals surface area (Å²) in [5.41, 5.74) is 17.9. The van der Waals surface area contributed by atoms with Crippen LogP contribution in [-0.2, 0) is 0 Å². The molecular weight excluding hydrogens is 861 g/mol. The number of benzene rings is 12. The first-order valence-corrected chi connectivity index (χ1v) is 24.3. The van der Waals surface area contributed by atoms with E-state index in [0.29, 0.717) is 0 Å². The number of hydrogen-bond donors (Lipinski definition) is 0. The highest BCUT2D eigenvalue weighted by Gasteiger charge is 2.16. The summed E-state index contributed by atoms with van der Waals surface area (Å²) in [5.74, 6) is 0. The quantitative estimate of drug-likeness (QED) is 0.142. The van der Waals surface area contributed by atoms with Crippen LogP contribution in [0.25, 0.3) is 115 Å². The van der Waals surface area contributed by atoms with Gasteiger partial charge >= 0.3 is 0 Å².